The predicted octanol–water partition coefficient (Wildman–Crippen LogP) is 10.5. The summed E-state index contributed by atoms with van der Waals surface area (Å²) in [4.78, 5) is 9.71. The van der Waals surface area contributed by atoms with Crippen molar-refractivity contribution in [3.8, 4) is 35.1 Å². The second kappa shape index (κ2) is 11.6. The van der Waals surface area contributed by atoms with Crippen LogP contribution in [-0.4, -0.2) is 9.97 Å². The first-order valence-corrected chi connectivity index (χ1v) is 19.3. The third-order valence-electron chi connectivity index (χ3n) is 12.6. The minimum atomic E-state index is -0.557. The number of nitrogens with zero attached hydrogens (tertiary/aromatic N) is 2. The van der Waals surface area contributed by atoms with E-state index in [1.807, 2.05) is 24.5 Å². The van der Waals surface area contributed by atoms with Gasteiger partial charge in [-0.2, -0.15) is 0 Å². The van der Waals surface area contributed by atoms with Gasteiger partial charge in [-0.1, -0.05) is 169 Å². The summed E-state index contributed by atoms with van der Waals surface area (Å²) in [5.74, 6) is 15.2. The minimum absolute atomic E-state index is 0.222. The fourth-order valence-electron chi connectivity index (χ4n) is 10.4. The molecule has 0 spiro atoms. The van der Waals surface area contributed by atoms with Crippen molar-refractivity contribution in [2.24, 2.45) is 0 Å². The second-order valence-corrected chi connectivity index (χ2v) is 15.3. The lowest BCUT2D eigenvalue weighted by Crippen LogP contribution is -2.41. The van der Waals surface area contributed by atoms with Crippen LogP contribution in [0, 0.1) is 23.7 Å². The van der Waals surface area contributed by atoms with E-state index in [4.69, 9.17) is 9.97 Å². The standard InChI is InChI=1S/C54H32N2/c1-7-19-43-37(13-1)51-38-14-2-8-20-44(38)53(43,45-21-9-3-15-39(45)51)31-29-35-25-27-49(55-33-35)50-28-26-36(34-56-50)30-32-54-46-22-10-4-16-40(46)52(41-17-5-11-23-47(41)54)42-18-6-12-24-48(42)54/h1-28,33-34,51-52H. The van der Waals surface area contributed by atoms with Crippen molar-refractivity contribution in [1.82, 2.24) is 9.97 Å². The van der Waals surface area contributed by atoms with Crippen LogP contribution in [-0.2, 0) is 10.8 Å². The number of hydrogen-bond acceptors (Lipinski definition) is 2. The third kappa shape index (κ3) is 4.08. The first-order chi connectivity index (χ1) is 27.8. The zero-order chi connectivity index (χ0) is 36.8. The molecular weight excluding hydrogens is 677 g/mol. The highest BCUT2D eigenvalue weighted by Crippen LogP contribution is 2.60. The van der Waals surface area contributed by atoms with Crippen molar-refractivity contribution in [2.75, 3.05) is 0 Å². The minimum Gasteiger partial charge on any atom is -0.253 e. The van der Waals surface area contributed by atoms with Crippen molar-refractivity contribution >= 4 is 0 Å². The molecule has 0 atom stereocenters. The summed E-state index contributed by atoms with van der Waals surface area (Å²) >= 11 is 0. The molecule has 6 aliphatic carbocycles. The summed E-state index contributed by atoms with van der Waals surface area (Å²) in [6.45, 7) is 0. The lowest BCUT2D eigenvalue weighted by Gasteiger charge is -2.48. The van der Waals surface area contributed by atoms with E-state index in [1.165, 1.54) is 66.8 Å². The van der Waals surface area contributed by atoms with Crippen LogP contribution in [0.25, 0.3) is 11.4 Å². The zero-order valence-electron chi connectivity index (χ0n) is 30.4. The van der Waals surface area contributed by atoms with Gasteiger partial charge in [0.25, 0.3) is 0 Å². The van der Waals surface area contributed by atoms with Crippen molar-refractivity contribution in [1.29, 1.82) is 0 Å². The van der Waals surface area contributed by atoms with Crippen molar-refractivity contribution in [3.05, 3.63) is 260 Å². The van der Waals surface area contributed by atoms with Gasteiger partial charge in [0.15, 0.2) is 0 Å². The summed E-state index contributed by atoms with van der Waals surface area (Å²) < 4.78 is 0. The van der Waals surface area contributed by atoms with E-state index < -0.39 is 10.8 Å². The number of pyridine rings is 2. The summed E-state index contributed by atoms with van der Waals surface area (Å²) in [5.41, 5.74) is 18.0. The van der Waals surface area contributed by atoms with E-state index in [0.717, 1.165) is 22.5 Å². The fraction of sp³-hybridized carbons (Fsp3) is 0.0741. The summed E-state index contributed by atoms with van der Waals surface area (Å²) in [6, 6.07) is 61.2. The molecule has 0 saturated heterocycles. The number of rotatable bonds is 1. The lowest BCUT2D eigenvalue weighted by molar-refractivity contribution is 0.666. The SMILES string of the molecule is C(#CC12c3ccccc3C(c3ccccc31)c1ccccc12)c1ccc(-c2ccc(C#CC34c5ccccc5C(c5ccccc53)c3ccccc34)cn2)nc1. The van der Waals surface area contributed by atoms with Crippen molar-refractivity contribution in [2.45, 2.75) is 22.7 Å². The largest absolute Gasteiger partial charge is 0.253 e. The Labute approximate surface area is 326 Å². The molecular formula is C54H32N2. The summed E-state index contributed by atoms with van der Waals surface area (Å²) in [7, 11) is 0. The van der Waals surface area contributed by atoms with Crippen LogP contribution in [0.4, 0.5) is 0 Å². The normalized spacial score (nSPS) is 20.7. The third-order valence-corrected chi connectivity index (χ3v) is 12.6. The maximum Gasteiger partial charge on any atom is 0.107 e. The molecule has 0 amide bonds. The molecule has 0 saturated carbocycles. The van der Waals surface area contributed by atoms with Gasteiger partial charge >= 0.3 is 0 Å². The topological polar surface area (TPSA) is 25.8 Å². The van der Waals surface area contributed by atoms with E-state index >= 15 is 0 Å². The van der Waals surface area contributed by atoms with Crippen LogP contribution in [0.1, 0.15) is 89.7 Å². The smallest absolute Gasteiger partial charge is 0.107 e. The van der Waals surface area contributed by atoms with Crippen molar-refractivity contribution < 1.29 is 0 Å². The average Bonchev–Trinajstić information content (AvgIpc) is 3.28. The van der Waals surface area contributed by atoms with Gasteiger partial charge in [-0.15, -0.1) is 0 Å². The highest BCUT2D eigenvalue weighted by Gasteiger charge is 2.52. The van der Waals surface area contributed by atoms with Crippen LogP contribution in [0.3, 0.4) is 0 Å². The van der Waals surface area contributed by atoms with Gasteiger partial charge in [-0.3, -0.25) is 9.97 Å². The highest BCUT2D eigenvalue weighted by molar-refractivity contribution is 5.77. The van der Waals surface area contributed by atoms with E-state index in [9.17, 15) is 0 Å². The van der Waals surface area contributed by atoms with Crippen LogP contribution in [0.15, 0.2) is 182 Å². The molecule has 4 bridgehead atoms. The highest BCUT2D eigenvalue weighted by atomic mass is 14.8. The van der Waals surface area contributed by atoms with Gasteiger partial charge in [0.05, 0.1) is 11.4 Å². The molecule has 0 fully saturated rings. The molecule has 0 radical (unpaired) electrons. The molecule has 0 N–H and O–H groups in total. The Morgan fingerprint density at radius 2 is 0.589 bits per heavy atom. The van der Waals surface area contributed by atoms with E-state index in [-0.39, 0.29) is 11.8 Å². The van der Waals surface area contributed by atoms with E-state index in [2.05, 4.69) is 181 Å². The Morgan fingerprint density at radius 3 is 0.839 bits per heavy atom. The van der Waals surface area contributed by atoms with E-state index in [1.54, 1.807) is 0 Å². The molecule has 6 aromatic carbocycles. The Balaban J connectivity index is 0.895. The molecule has 2 heterocycles. The van der Waals surface area contributed by atoms with Crippen LogP contribution in [0.5, 0.6) is 0 Å². The predicted molar refractivity (Wildman–Crippen MR) is 222 cm³/mol. The molecule has 2 aromatic heterocycles. The molecule has 0 aliphatic heterocycles. The number of benzene rings is 6. The maximum atomic E-state index is 4.86. The molecule has 2 nitrogen and oxygen atoms in total. The van der Waals surface area contributed by atoms with Crippen molar-refractivity contribution in [3.63, 3.8) is 0 Å². The quantitative estimate of drug-likeness (QED) is 0.159. The molecule has 2 heteroatoms. The Kier molecular flexibility index (Phi) is 6.46. The summed E-state index contributed by atoms with van der Waals surface area (Å²) in [5, 5.41) is 0. The van der Waals surface area contributed by atoms with Gasteiger partial charge in [0, 0.05) is 35.4 Å². The average molecular weight is 709 g/mol. The van der Waals surface area contributed by atoms with Gasteiger partial charge in [0.2, 0.25) is 0 Å². The monoisotopic (exact) mass is 708 g/mol. The van der Waals surface area contributed by atoms with Gasteiger partial charge in [-0.25, -0.2) is 0 Å². The summed E-state index contributed by atoms with van der Waals surface area (Å²) in [6.07, 6.45) is 3.74. The molecule has 56 heavy (non-hydrogen) atoms. The Morgan fingerprint density at radius 1 is 0.321 bits per heavy atom. The molecule has 8 aromatic rings. The second-order valence-electron chi connectivity index (χ2n) is 15.3. The van der Waals surface area contributed by atoms with Crippen LogP contribution in [0.2, 0.25) is 0 Å². The number of aromatic nitrogens is 2. The first kappa shape index (κ1) is 31.1. The number of hydrogen-bond donors (Lipinski definition) is 0. The maximum absolute atomic E-state index is 4.86. The Hall–Kier alpha value is -7.26. The first-order valence-electron chi connectivity index (χ1n) is 19.3. The molecule has 0 unspecified atom stereocenters. The molecule has 6 aliphatic rings. The van der Waals surface area contributed by atoms with Gasteiger partial charge in [-0.05, 0) is 91.0 Å². The molecule has 258 valence electrons. The van der Waals surface area contributed by atoms with Crippen LogP contribution >= 0.6 is 0 Å². The fourth-order valence-corrected chi connectivity index (χ4v) is 10.4. The van der Waals surface area contributed by atoms with E-state index in [0.29, 0.717) is 0 Å². The molecule has 14 rings (SSSR count). The Bertz CT molecular complexity index is 2620. The van der Waals surface area contributed by atoms with Gasteiger partial charge in [0.1, 0.15) is 10.8 Å². The zero-order valence-corrected chi connectivity index (χ0v) is 30.4. The lowest BCUT2D eigenvalue weighted by atomic mass is 9.53. The van der Waals surface area contributed by atoms with Gasteiger partial charge < -0.3 is 0 Å². The van der Waals surface area contributed by atoms with Crippen LogP contribution < -0.4 is 0 Å².